The number of nitrogens with one attached hydrogen (secondary N) is 1. The minimum atomic E-state index is -4.15. The molecular formula is C20H24N2O6S3. The molecule has 1 aromatic carbocycles. The number of pyridine rings is 1. The van der Waals surface area contributed by atoms with Crippen LogP contribution in [0.25, 0.3) is 0 Å². The second-order valence-electron chi connectivity index (χ2n) is 7.62. The molecule has 3 rings (SSSR count). The molecule has 0 fully saturated rings. The molecule has 1 unspecified atom stereocenters. The van der Waals surface area contributed by atoms with Gasteiger partial charge in [-0.2, -0.15) is 0 Å². The molecule has 8 nitrogen and oxygen atoms in total. The van der Waals surface area contributed by atoms with Crippen LogP contribution in [0.4, 0.5) is 0 Å². The third-order valence-electron chi connectivity index (χ3n) is 5.04. The van der Waals surface area contributed by atoms with E-state index in [1.807, 2.05) is 13.8 Å². The number of hydrogen-bond donors (Lipinski definition) is 1. The van der Waals surface area contributed by atoms with Gasteiger partial charge in [-0.1, -0.05) is 38.1 Å². The predicted molar refractivity (Wildman–Crippen MR) is 118 cm³/mol. The van der Waals surface area contributed by atoms with Crippen molar-refractivity contribution in [1.29, 1.82) is 0 Å². The number of sulfonamides is 1. The van der Waals surface area contributed by atoms with E-state index in [2.05, 4.69) is 9.71 Å². The fraction of sp³-hybridized carbons (Fsp3) is 0.350. The Balaban J connectivity index is 1.92. The minimum absolute atomic E-state index is 0.0626. The van der Waals surface area contributed by atoms with E-state index < -0.39 is 47.2 Å². The first-order chi connectivity index (χ1) is 14.4. The molecule has 1 N–H and O–H groups in total. The molecule has 2 heterocycles. The second kappa shape index (κ2) is 8.81. The Morgan fingerprint density at radius 2 is 1.71 bits per heavy atom. The summed E-state index contributed by atoms with van der Waals surface area (Å²) >= 11 is 0. The van der Waals surface area contributed by atoms with Gasteiger partial charge in [0.2, 0.25) is 10.0 Å². The van der Waals surface area contributed by atoms with Gasteiger partial charge in [0.1, 0.15) is 5.25 Å². The Bertz CT molecular complexity index is 1280. The monoisotopic (exact) mass is 484 g/mol. The first-order valence-electron chi connectivity index (χ1n) is 9.55. The minimum Gasteiger partial charge on any atom is -0.264 e. The Kier molecular flexibility index (Phi) is 6.70. The number of rotatable bonds is 8. The lowest BCUT2D eigenvalue weighted by atomic mass is 10.0. The fourth-order valence-corrected chi connectivity index (χ4v) is 8.21. The molecule has 1 aliphatic heterocycles. The van der Waals surface area contributed by atoms with Crippen LogP contribution < -0.4 is 4.72 Å². The van der Waals surface area contributed by atoms with E-state index >= 15 is 0 Å². The van der Waals surface area contributed by atoms with Crippen molar-refractivity contribution in [2.75, 3.05) is 18.1 Å². The van der Waals surface area contributed by atoms with E-state index in [0.29, 0.717) is 5.56 Å². The third-order valence-corrected chi connectivity index (χ3v) is 10.3. The summed E-state index contributed by atoms with van der Waals surface area (Å²) in [4.78, 5) is 3.75. The number of benzene rings is 1. The zero-order chi connectivity index (χ0) is 22.9. The maximum Gasteiger partial charge on any atom is 0.237 e. The zero-order valence-electron chi connectivity index (χ0n) is 17.1. The van der Waals surface area contributed by atoms with Crippen molar-refractivity contribution >= 4 is 29.7 Å². The summed E-state index contributed by atoms with van der Waals surface area (Å²) in [5.41, 5.74) is 1.30. The molecule has 0 amide bonds. The van der Waals surface area contributed by atoms with Crippen LogP contribution >= 0.6 is 0 Å². The highest BCUT2D eigenvalue weighted by Crippen LogP contribution is 2.30. The van der Waals surface area contributed by atoms with E-state index in [-0.39, 0.29) is 21.5 Å². The van der Waals surface area contributed by atoms with Crippen LogP contribution in [0.15, 0.2) is 64.7 Å². The van der Waals surface area contributed by atoms with Crippen LogP contribution in [0.5, 0.6) is 0 Å². The molecule has 168 valence electrons. The van der Waals surface area contributed by atoms with Crippen LogP contribution in [-0.2, 0) is 29.7 Å². The van der Waals surface area contributed by atoms with Gasteiger partial charge < -0.3 is 0 Å². The Labute approximate surface area is 183 Å². The van der Waals surface area contributed by atoms with Gasteiger partial charge in [-0.05, 0) is 35.2 Å². The van der Waals surface area contributed by atoms with E-state index in [0.717, 1.165) is 11.6 Å². The highest BCUT2D eigenvalue weighted by atomic mass is 32.2. The van der Waals surface area contributed by atoms with Crippen molar-refractivity contribution in [3.63, 3.8) is 0 Å². The third kappa shape index (κ3) is 5.40. The van der Waals surface area contributed by atoms with E-state index in [9.17, 15) is 25.3 Å². The lowest BCUT2D eigenvalue weighted by molar-refractivity contribution is 0.570. The molecule has 0 radical (unpaired) electrons. The van der Waals surface area contributed by atoms with Crippen molar-refractivity contribution in [2.45, 2.75) is 29.9 Å². The number of aromatic nitrogens is 1. The van der Waals surface area contributed by atoms with E-state index in [1.165, 1.54) is 24.5 Å². The molecule has 0 saturated carbocycles. The molecule has 31 heavy (non-hydrogen) atoms. The Hall–Kier alpha value is -2.08. The van der Waals surface area contributed by atoms with Gasteiger partial charge in [0.05, 0.1) is 21.3 Å². The number of nitrogens with zero attached hydrogens (tertiary/aromatic N) is 1. The van der Waals surface area contributed by atoms with Crippen molar-refractivity contribution in [3.05, 3.63) is 70.9 Å². The smallest absolute Gasteiger partial charge is 0.237 e. The summed E-state index contributed by atoms with van der Waals surface area (Å²) in [5.74, 6) is -0.715. The van der Waals surface area contributed by atoms with Crippen LogP contribution in [0, 0.1) is 0 Å². The molecule has 0 saturated heterocycles. The highest BCUT2D eigenvalue weighted by Gasteiger charge is 2.33. The van der Waals surface area contributed by atoms with Gasteiger partial charge in [0.15, 0.2) is 19.7 Å². The van der Waals surface area contributed by atoms with Crippen LogP contribution in [0.2, 0.25) is 0 Å². The normalized spacial score (nSPS) is 17.5. The summed E-state index contributed by atoms with van der Waals surface area (Å²) in [6, 6.07) is 9.61. The second-order valence-corrected chi connectivity index (χ2v) is 13.7. The summed E-state index contributed by atoms with van der Waals surface area (Å²) in [6.45, 7) is 3.53. The molecule has 1 aliphatic rings. The number of hydrogen-bond acceptors (Lipinski definition) is 7. The summed E-state index contributed by atoms with van der Waals surface area (Å²) in [5, 5.41) is -1.24. The molecular weight excluding hydrogens is 460 g/mol. The van der Waals surface area contributed by atoms with Crippen LogP contribution in [0.1, 0.15) is 36.1 Å². The lowest BCUT2D eigenvalue weighted by Crippen LogP contribution is -2.33. The maximum absolute atomic E-state index is 13.4. The van der Waals surface area contributed by atoms with Crippen molar-refractivity contribution in [2.24, 2.45) is 0 Å². The largest absolute Gasteiger partial charge is 0.264 e. The van der Waals surface area contributed by atoms with Crippen molar-refractivity contribution in [1.82, 2.24) is 9.71 Å². The van der Waals surface area contributed by atoms with Gasteiger partial charge in [0, 0.05) is 18.9 Å². The topological polar surface area (TPSA) is 127 Å². The quantitative estimate of drug-likeness (QED) is 0.606. The van der Waals surface area contributed by atoms with Crippen molar-refractivity contribution in [3.8, 4) is 0 Å². The summed E-state index contributed by atoms with van der Waals surface area (Å²) in [7, 11) is -11.6. The average Bonchev–Trinajstić information content (AvgIpc) is 3.09. The zero-order valence-corrected chi connectivity index (χ0v) is 19.5. The van der Waals surface area contributed by atoms with Gasteiger partial charge in [-0.15, -0.1) is 0 Å². The highest BCUT2D eigenvalue weighted by molar-refractivity contribution is 7.97. The van der Waals surface area contributed by atoms with Crippen LogP contribution in [-0.4, -0.2) is 48.3 Å². The summed E-state index contributed by atoms with van der Waals surface area (Å²) in [6.07, 6.45) is 4.00. The van der Waals surface area contributed by atoms with E-state index in [4.69, 9.17) is 0 Å². The van der Waals surface area contributed by atoms with Crippen molar-refractivity contribution < 1.29 is 25.3 Å². The molecule has 0 bridgehead atoms. The molecule has 11 heteroatoms. The lowest BCUT2D eigenvalue weighted by Gasteiger charge is -2.19. The molecule has 1 atom stereocenters. The van der Waals surface area contributed by atoms with Gasteiger partial charge in [-0.25, -0.2) is 30.0 Å². The number of sulfone groups is 2. The van der Waals surface area contributed by atoms with Gasteiger partial charge >= 0.3 is 0 Å². The maximum atomic E-state index is 13.4. The van der Waals surface area contributed by atoms with Gasteiger partial charge in [0.25, 0.3) is 0 Å². The van der Waals surface area contributed by atoms with E-state index in [1.54, 1.807) is 24.3 Å². The standard InChI is InChI=1S/C20H24N2O6S3/c1-15(2)16-5-7-18(8-6-16)30(25,26)20(17-4-3-10-21-12-17)13-22-31(27,28)19-9-11-29(23,24)14-19/h3-10,12,15,20,22H,11,13-14H2,1-2H3. The first-order valence-corrected chi connectivity index (χ1v) is 14.4. The molecule has 0 aliphatic carbocycles. The molecule has 0 spiro atoms. The predicted octanol–water partition coefficient (Wildman–Crippen LogP) is 1.95. The van der Waals surface area contributed by atoms with Gasteiger partial charge in [-0.3, -0.25) is 4.98 Å². The Morgan fingerprint density at radius 3 is 2.23 bits per heavy atom. The fourth-order valence-electron chi connectivity index (χ4n) is 3.20. The Morgan fingerprint density at radius 1 is 1.03 bits per heavy atom. The summed E-state index contributed by atoms with van der Waals surface area (Å²) < 4.78 is 77.4. The SMILES string of the molecule is CC(C)c1ccc(S(=O)(=O)C(CNS(=O)(=O)C2=CCS(=O)(=O)C2)c2cccnc2)cc1. The average molecular weight is 485 g/mol. The van der Waals surface area contributed by atoms with Crippen LogP contribution in [0.3, 0.4) is 0 Å². The molecule has 1 aromatic heterocycles. The molecule has 2 aromatic rings. The first kappa shape index (κ1) is 23.6.